The molecule has 122 valence electrons. The van der Waals surface area contributed by atoms with Crippen LogP contribution in [-0.2, 0) is 0 Å². The van der Waals surface area contributed by atoms with E-state index in [4.69, 9.17) is 0 Å². The van der Waals surface area contributed by atoms with Gasteiger partial charge in [0.25, 0.3) is 0 Å². The van der Waals surface area contributed by atoms with Crippen LogP contribution in [0.2, 0.25) is 0 Å². The lowest BCUT2D eigenvalue weighted by molar-refractivity contribution is -0.181. The second-order valence-corrected chi connectivity index (χ2v) is 7.38. The van der Waals surface area contributed by atoms with Crippen molar-refractivity contribution in [3.8, 4) is 0 Å². The Hall–Kier alpha value is -0.330. The predicted octanol–water partition coefficient (Wildman–Crippen LogP) is 5.88. The van der Waals surface area contributed by atoms with Gasteiger partial charge in [0, 0.05) is 16.1 Å². The van der Waals surface area contributed by atoms with Gasteiger partial charge in [0.2, 0.25) is 0 Å². The Kier molecular flexibility index (Phi) is 5.21. The molecule has 0 nitrogen and oxygen atoms in total. The molecule has 1 unspecified atom stereocenters. The Bertz CT molecular complexity index is 376. The molecule has 7 heteroatoms. The standard InChI is InChI=1S/C14H18F6S/c15-13(16,17)9-1-5-11(6-2-9)21-12-7-3-10(4-8-12)14(18,19)20/h1,10-12H,2-8H2. The van der Waals surface area contributed by atoms with Gasteiger partial charge >= 0.3 is 12.4 Å². The average Bonchev–Trinajstić information content (AvgIpc) is 2.38. The molecule has 0 heterocycles. The lowest BCUT2D eigenvalue weighted by atomic mass is 9.88. The van der Waals surface area contributed by atoms with Gasteiger partial charge in [0.15, 0.2) is 0 Å². The predicted molar refractivity (Wildman–Crippen MR) is 71.2 cm³/mol. The summed E-state index contributed by atoms with van der Waals surface area (Å²) in [4.78, 5) is 0. The number of alkyl halides is 6. The van der Waals surface area contributed by atoms with E-state index in [2.05, 4.69) is 0 Å². The summed E-state index contributed by atoms with van der Waals surface area (Å²) in [5.74, 6) is -1.20. The molecule has 0 saturated heterocycles. The van der Waals surface area contributed by atoms with Crippen molar-refractivity contribution in [1.29, 1.82) is 0 Å². The van der Waals surface area contributed by atoms with Crippen LogP contribution in [-0.4, -0.2) is 22.9 Å². The van der Waals surface area contributed by atoms with Crippen molar-refractivity contribution < 1.29 is 26.3 Å². The van der Waals surface area contributed by atoms with Crippen molar-refractivity contribution in [2.24, 2.45) is 5.92 Å². The topological polar surface area (TPSA) is 0 Å². The van der Waals surface area contributed by atoms with E-state index in [-0.39, 0.29) is 29.8 Å². The third kappa shape index (κ3) is 4.83. The van der Waals surface area contributed by atoms with Crippen molar-refractivity contribution in [3.05, 3.63) is 11.6 Å². The molecule has 1 fully saturated rings. The second-order valence-electron chi connectivity index (χ2n) is 5.77. The van der Waals surface area contributed by atoms with Gasteiger partial charge in [-0.15, -0.1) is 0 Å². The molecular weight excluding hydrogens is 314 g/mol. The molecule has 0 aliphatic heterocycles. The van der Waals surface area contributed by atoms with Crippen LogP contribution < -0.4 is 0 Å². The van der Waals surface area contributed by atoms with Crippen LogP contribution in [0.1, 0.15) is 44.9 Å². The van der Waals surface area contributed by atoms with Crippen LogP contribution in [0.5, 0.6) is 0 Å². The monoisotopic (exact) mass is 332 g/mol. The van der Waals surface area contributed by atoms with E-state index in [0.717, 1.165) is 0 Å². The first-order valence-electron chi connectivity index (χ1n) is 7.14. The first kappa shape index (κ1) is 17.0. The van der Waals surface area contributed by atoms with Crippen LogP contribution in [0.15, 0.2) is 11.6 Å². The van der Waals surface area contributed by atoms with E-state index in [0.29, 0.717) is 25.7 Å². The summed E-state index contributed by atoms with van der Waals surface area (Å²) in [6, 6.07) is 0. The van der Waals surface area contributed by atoms with E-state index < -0.39 is 23.8 Å². The summed E-state index contributed by atoms with van der Waals surface area (Å²) < 4.78 is 75.2. The normalized spacial score (nSPS) is 31.9. The maximum atomic E-state index is 12.6. The second kappa shape index (κ2) is 6.42. The van der Waals surface area contributed by atoms with Crippen LogP contribution in [0, 0.1) is 5.92 Å². The summed E-state index contributed by atoms with van der Waals surface area (Å²) in [5, 5.41) is 0.276. The van der Waals surface area contributed by atoms with Gasteiger partial charge < -0.3 is 0 Å². The maximum Gasteiger partial charge on any atom is 0.412 e. The van der Waals surface area contributed by atoms with Crippen LogP contribution in [0.25, 0.3) is 0 Å². The summed E-state index contributed by atoms with van der Waals surface area (Å²) in [5.41, 5.74) is -0.458. The van der Waals surface area contributed by atoms with Crippen molar-refractivity contribution in [2.45, 2.75) is 67.8 Å². The van der Waals surface area contributed by atoms with Gasteiger partial charge in [0.05, 0.1) is 5.92 Å². The van der Waals surface area contributed by atoms with Crippen molar-refractivity contribution in [2.75, 3.05) is 0 Å². The fourth-order valence-corrected chi connectivity index (χ4v) is 4.54. The van der Waals surface area contributed by atoms with Gasteiger partial charge in [-0.2, -0.15) is 38.1 Å². The molecule has 21 heavy (non-hydrogen) atoms. The van der Waals surface area contributed by atoms with Gasteiger partial charge in [-0.3, -0.25) is 0 Å². The minimum atomic E-state index is -4.24. The average molecular weight is 332 g/mol. The number of halogens is 6. The molecular formula is C14H18F6S. The highest BCUT2D eigenvalue weighted by Crippen LogP contribution is 2.44. The SMILES string of the molecule is FC(F)(F)C1=CCC(SC2CCC(C(F)(F)F)CC2)CC1. The molecule has 1 atom stereocenters. The zero-order valence-corrected chi connectivity index (χ0v) is 12.3. The maximum absolute atomic E-state index is 12.6. The molecule has 0 aromatic heterocycles. The number of rotatable bonds is 2. The number of hydrogen-bond donors (Lipinski definition) is 0. The van der Waals surface area contributed by atoms with E-state index in [1.807, 2.05) is 0 Å². The third-order valence-corrected chi connectivity index (χ3v) is 5.92. The smallest absolute Gasteiger partial charge is 0.171 e. The fraction of sp³-hybridized carbons (Fsp3) is 0.857. The van der Waals surface area contributed by atoms with Gasteiger partial charge in [-0.25, -0.2) is 0 Å². The molecule has 0 N–H and O–H groups in total. The number of hydrogen-bond acceptors (Lipinski definition) is 1. The molecule has 1 saturated carbocycles. The van der Waals surface area contributed by atoms with E-state index in [1.165, 1.54) is 6.08 Å². The quantitative estimate of drug-likeness (QED) is 0.449. The van der Waals surface area contributed by atoms with Crippen molar-refractivity contribution >= 4 is 11.8 Å². The number of allylic oxidation sites excluding steroid dienone is 2. The number of thioether (sulfide) groups is 1. The molecule has 2 aliphatic carbocycles. The molecule has 0 aromatic rings. The summed E-state index contributed by atoms with van der Waals surface area (Å²) in [7, 11) is 0. The van der Waals surface area contributed by atoms with Gasteiger partial charge in [0.1, 0.15) is 0 Å². The zero-order chi connectivity index (χ0) is 15.7. The van der Waals surface area contributed by atoms with Crippen LogP contribution in [0.4, 0.5) is 26.3 Å². The zero-order valence-electron chi connectivity index (χ0n) is 11.4. The Morgan fingerprint density at radius 3 is 1.90 bits per heavy atom. The minimum Gasteiger partial charge on any atom is -0.171 e. The van der Waals surface area contributed by atoms with Gasteiger partial charge in [-0.05, 0) is 44.9 Å². The van der Waals surface area contributed by atoms with E-state index >= 15 is 0 Å². The van der Waals surface area contributed by atoms with Crippen molar-refractivity contribution in [1.82, 2.24) is 0 Å². The first-order valence-corrected chi connectivity index (χ1v) is 8.09. The molecule has 2 rings (SSSR count). The Morgan fingerprint density at radius 1 is 0.857 bits per heavy atom. The summed E-state index contributed by atoms with van der Waals surface area (Å²) in [6.45, 7) is 0. The summed E-state index contributed by atoms with van der Waals surface area (Å²) in [6.07, 6.45) is -4.89. The Labute approximate surface area is 124 Å². The Balaban J connectivity index is 1.77. The van der Waals surface area contributed by atoms with E-state index in [9.17, 15) is 26.3 Å². The molecule has 0 amide bonds. The lowest BCUT2D eigenvalue weighted by Gasteiger charge is -2.32. The van der Waals surface area contributed by atoms with Crippen molar-refractivity contribution in [3.63, 3.8) is 0 Å². The highest BCUT2D eigenvalue weighted by Gasteiger charge is 2.42. The van der Waals surface area contributed by atoms with E-state index in [1.54, 1.807) is 11.8 Å². The van der Waals surface area contributed by atoms with Gasteiger partial charge in [-0.1, -0.05) is 6.08 Å². The highest BCUT2D eigenvalue weighted by atomic mass is 32.2. The molecule has 0 radical (unpaired) electrons. The largest absolute Gasteiger partial charge is 0.412 e. The molecule has 0 bridgehead atoms. The van der Waals surface area contributed by atoms with Crippen LogP contribution in [0.3, 0.4) is 0 Å². The highest BCUT2D eigenvalue weighted by molar-refractivity contribution is 8.00. The molecule has 2 aliphatic rings. The minimum absolute atomic E-state index is 0.0268. The third-order valence-electron chi connectivity index (χ3n) is 4.25. The summed E-state index contributed by atoms with van der Waals surface area (Å²) >= 11 is 1.59. The van der Waals surface area contributed by atoms with Crippen LogP contribution >= 0.6 is 11.8 Å². The molecule has 0 spiro atoms. The lowest BCUT2D eigenvalue weighted by Crippen LogP contribution is -2.29. The Morgan fingerprint density at radius 2 is 1.48 bits per heavy atom. The first-order chi connectivity index (χ1) is 9.66. The molecule has 0 aromatic carbocycles. The fourth-order valence-electron chi connectivity index (χ4n) is 2.99.